The molecule has 1 fully saturated rings. The zero-order chi connectivity index (χ0) is 17.5. The molecule has 0 saturated carbocycles. The second-order valence-electron chi connectivity index (χ2n) is 6.54. The number of hydrogen-bond donors (Lipinski definition) is 1. The number of carboxylic acids is 1. The molecule has 2 heterocycles. The van der Waals surface area contributed by atoms with E-state index in [1.165, 1.54) is 10.4 Å². The molecule has 1 N–H and O–H groups in total. The van der Waals surface area contributed by atoms with Crippen molar-refractivity contribution >= 4 is 26.9 Å². The fraction of sp³-hybridized carbons (Fsp3) is 0.412. The maximum atomic E-state index is 13.1. The van der Waals surface area contributed by atoms with E-state index < -0.39 is 21.9 Å². The highest BCUT2D eigenvalue weighted by Crippen LogP contribution is 2.30. The van der Waals surface area contributed by atoms with E-state index in [1.54, 1.807) is 12.3 Å². The summed E-state index contributed by atoms with van der Waals surface area (Å²) in [6.07, 6.45) is 2.13. The third-order valence-corrected chi connectivity index (χ3v) is 6.27. The first-order valence-corrected chi connectivity index (χ1v) is 9.31. The fourth-order valence-corrected chi connectivity index (χ4v) is 5.04. The number of nitrogens with zero attached hydrogens (tertiary/aromatic N) is 2. The van der Waals surface area contributed by atoms with Gasteiger partial charge in [-0.1, -0.05) is 19.1 Å². The zero-order valence-corrected chi connectivity index (χ0v) is 14.5. The average molecular weight is 348 g/mol. The number of aromatic nitrogens is 1. The zero-order valence-electron chi connectivity index (χ0n) is 13.6. The Hall–Kier alpha value is -1.99. The molecule has 7 heteroatoms. The van der Waals surface area contributed by atoms with E-state index in [1.807, 2.05) is 26.0 Å². The molecule has 24 heavy (non-hydrogen) atoms. The summed E-state index contributed by atoms with van der Waals surface area (Å²) in [7, 11) is -3.79. The van der Waals surface area contributed by atoms with E-state index in [0.29, 0.717) is 18.5 Å². The van der Waals surface area contributed by atoms with Crippen LogP contribution in [0.3, 0.4) is 0 Å². The number of hydrogen-bond acceptors (Lipinski definition) is 4. The lowest BCUT2D eigenvalue weighted by atomic mass is 9.92. The predicted molar refractivity (Wildman–Crippen MR) is 90.1 cm³/mol. The Morgan fingerprint density at radius 2 is 2.08 bits per heavy atom. The van der Waals surface area contributed by atoms with Crippen LogP contribution in [0.25, 0.3) is 10.9 Å². The quantitative estimate of drug-likeness (QED) is 0.919. The summed E-state index contributed by atoms with van der Waals surface area (Å²) < 4.78 is 27.5. The standard InChI is InChI=1S/C17H20N2O4S/c1-11-6-13-4-3-5-15(16(13)18-8-11)24(22,23)19-9-12(2)7-14(10-19)17(20)21/h3-6,8,12,14H,7,9-10H2,1-2H3,(H,20,21). The SMILES string of the molecule is Cc1cnc2c(S(=O)(=O)N3CC(C)CC(C(=O)O)C3)cccc2c1. The van der Waals surface area contributed by atoms with Crippen molar-refractivity contribution < 1.29 is 18.3 Å². The molecule has 0 aliphatic carbocycles. The topological polar surface area (TPSA) is 87.6 Å². The summed E-state index contributed by atoms with van der Waals surface area (Å²) in [5.74, 6) is -1.62. The molecule has 2 aromatic rings. The van der Waals surface area contributed by atoms with Gasteiger partial charge in [0.2, 0.25) is 10.0 Å². The van der Waals surface area contributed by atoms with Gasteiger partial charge in [-0.15, -0.1) is 0 Å². The molecule has 0 bridgehead atoms. The summed E-state index contributed by atoms with van der Waals surface area (Å²) in [5.41, 5.74) is 1.38. The van der Waals surface area contributed by atoms with Crippen molar-refractivity contribution in [3.05, 3.63) is 36.0 Å². The Morgan fingerprint density at radius 3 is 2.79 bits per heavy atom. The Kier molecular flexibility index (Phi) is 4.31. The summed E-state index contributed by atoms with van der Waals surface area (Å²) in [6, 6.07) is 6.95. The highest BCUT2D eigenvalue weighted by atomic mass is 32.2. The lowest BCUT2D eigenvalue weighted by Crippen LogP contribution is -2.45. The van der Waals surface area contributed by atoms with Crippen LogP contribution in [-0.2, 0) is 14.8 Å². The van der Waals surface area contributed by atoms with E-state index >= 15 is 0 Å². The first-order chi connectivity index (χ1) is 11.3. The third-order valence-electron chi connectivity index (χ3n) is 4.40. The number of piperidine rings is 1. The van der Waals surface area contributed by atoms with Gasteiger partial charge in [0.25, 0.3) is 0 Å². The maximum absolute atomic E-state index is 13.1. The average Bonchev–Trinajstić information content (AvgIpc) is 2.53. The van der Waals surface area contributed by atoms with Crippen molar-refractivity contribution in [2.45, 2.75) is 25.2 Å². The van der Waals surface area contributed by atoms with Gasteiger partial charge < -0.3 is 5.11 Å². The van der Waals surface area contributed by atoms with Crippen LogP contribution in [0.15, 0.2) is 35.4 Å². The summed E-state index contributed by atoms with van der Waals surface area (Å²) in [5, 5.41) is 10.0. The molecule has 0 amide bonds. The largest absolute Gasteiger partial charge is 0.481 e. The van der Waals surface area contributed by atoms with Crippen molar-refractivity contribution in [1.29, 1.82) is 0 Å². The summed E-state index contributed by atoms with van der Waals surface area (Å²) >= 11 is 0. The fourth-order valence-electron chi connectivity index (χ4n) is 3.27. The Bertz CT molecular complexity index is 895. The number of para-hydroxylation sites is 1. The van der Waals surface area contributed by atoms with Crippen LogP contribution in [0.5, 0.6) is 0 Å². The van der Waals surface area contributed by atoms with Crippen molar-refractivity contribution in [2.75, 3.05) is 13.1 Å². The minimum atomic E-state index is -3.79. The molecule has 3 rings (SSSR count). The number of sulfonamides is 1. The smallest absolute Gasteiger partial charge is 0.307 e. The summed E-state index contributed by atoms with van der Waals surface area (Å²) in [6.45, 7) is 4.11. The Morgan fingerprint density at radius 1 is 1.33 bits per heavy atom. The van der Waals surface area contributed by atoms with Crippen LogP contribution >= 0.6 is 0 Å². The highest BCUT2D eigenvalue weighted by molar-refractivity contribution is 7.89. The molecule has 1 aromatic heterocycles. The molecule has 0 spiro atoms. The molecule has 1 aliphatic rings. The van der Waals surface area contributed by atoms with Crippen LogP contribution in [0.4, 0.5) is 0 Å². The van der Waals surface area contributed by atoms with Gasteiger partial charge in [-0.25, -0.2) is 8.42 Å². The number of benzene rings is 1. The Labute approximate surface area is 141 Å². The van der Waals surface area contributed by atoms with E-state index in [9.17, 15) is 18.3 Å². The minimum Gasteiger partial charge on any atom is -0.481 e. The second kappa shape index (κ2) is 6.14. The van der Waals surface area contributed by atoms with E-state index in [2.05, 4.69) is 4.98 Å². The number of aryl methyl sites for hydroxylation is 1. The molecule has 1 aliphatic heterocycles. The highest BCUT2D eigenvalue weighted by Gasteiger charge is 2.37. The van der Waals surface area contributed by atoms with Gasteiger partial charge in [0.15, 0.2) is 0 Å². The van der Waals surface area contributed by atoms with E-state index in [-0.39, 0.29) is 17.4 Å². The number of carboxylic acid groups (broad SMARTS) is 1. The molecule has 2 unspecified atom stereocenters. The number of aliphatic carboxylic acids is 1. The van der Waals surface area contributed by atoms with Gasteiger partial charge in [-0.2, -0.15) is 4.31 Å². The molecule has 2 atom stereocenters. The van der Waals surface area contributed by atoms with Gasteiger partial charge in [0, 0.05) is 24.7 Å². The van der Waals surface area contributed by atoms with Crippen LogP contribution in [0.1, 0.15) is 18.9 Å². The van der Waals surface area contributed by atoms with E-state index in [4.69, 9.17) is 0 Å². The first-order valence-electron chi connectivity index (χ1n) is 7.87. The van der Waals surface area contributed by atoms with E-state index in [0.717, 1.165) is 10.9 Å². The van der Waals surface area contributed by atoms with Crippen molar-refractivity contribution in [3.63, 3.8) is 0 Å². The lowest BCUT2D eigenvalue weighted by Gasteiger charge is -2.33. The third kappa shape index (κ3) is 3.01. The molecule has 1 aromatic carbocycles. The molecule has 128 valence electrons. The number of pyridine rings is 1. The molecule has 0 radical (unpaired) electrons. The number of carbonyl (C=O) groups is 1. The van der Waals surface area contributed by atoms with Crippen LogP contribution in [0, 0.1) is 18.8 Å². The first kappa shape index (κ1) is 16.9. The summed E-state index contributed by atoms with van der Waals surface area (Å²) in [4.78, 5) is 15.8. The molecular formula is C17H20N2O4S. The van der Waals surface area contributed by atoms with Crippen molar-refractivity contribution in [3.8, 4) is 0 Å². The van der Waals surface area contributed by atoms with Crippen LogP contribution in [-0.4, -0.2) is 41.9 Å². The van der Waals surface area contributed by atoms with Gasteiger partial charge in [0.1, 0.15) is 4.90 Å². The molecule has 1 saturated heterocycles. The minimum absolute atomic E-state index is 0.000181. The molecular weight excluding hydrogens is 328 g/mol. The van der Waals surface area contributed by atoms with Gasteiger partial charge in [-0.05, 0) is 37.0 Å². The van der Waals surface area contributed by atoms with Crippen LogP contribution in [0.2, 0.25) is 0 Å². The number of fused-ring (bicyclic) bond motifs is 1. The normalized spacial score (nSPS) is 22.6. The number of rotatable bonds is 3. The van der Waals surface area contributed by atoms with Gasteiger partial charge >= 0.3 is 5.97 Å². The second-order valence-corrected chi connectivity index (χ2v) is 8.44. The van der Waals surface area contributed by atoms with Crippen LogP contribution < -0.4 is 0 Å². The Balaban J connectivity index is 2.06. The lowest BCUT2D eigenvalue weighted by molar-refractivity contribution is -0.143. The molecule has 6 nitrogen and oxygen atoms in total. The monoisotopic (exact) mass is 348 g/mol. The van der Waals surface area contributed by atoms with Gasteiger partial charge in [-0.3, -0.25) is 9.78 Å². The van der Waals surface area contributed by atoms with Crippen molar-refractivity contribution in [1.82, 2.24) is 9.29 Å². The van der Waals surface area contributed by atoms with Crippen molar-refractivity contribution in [2.24, 2.45) is 11.8 Å². The van der Waals surface area contributed by atoms with Gasteiger partial charge in [0.05, 0.1) is 11.4 Å². The predicted octanol–water partition coefficient (Wildman–Crippen LogP) is 2.27. The maximum Gasteiger partial charge on any atom is 0.307 e.